The molecule has 0 atom stereocenters. The molecular weight excluding hydrogens is 286 g/mol. The zero-order chi connectivity index (χ0) is 13.4. The Morgan fingerprint density at radius 2 is 1.17 bits per heavy atom. The van der Waals surface area contributed by atoms with Crippen LogP contribution in [0.5, 0.6) is 0 Å². The summed E-state index contributed by atoms with van der Waals surface area (Å²) in [6, 6.07) is 16.1. The highest BCUT2D eigenvalue weighted by Gasteiger charge is 1.96. The third kappa shape index (κ3) is 4.76. The monoisotopic (exact) mass is 303 g/mol. The van der Waals surface area contributed by atoms with Gasteiger partial charge in [0.1, 0.15) is 0 Å². The molecule has 94 valence electrons. The maximum Gasteiger partial charge on any atom is 0.0314 e. The van der Waals surface area contributed by atoms with E-state index in [-0.39, 0.29) is 0 Å². The Hall–Kier alpha value is -1.54. The van der Waals surface area contributed by atoms with E-state index in [1.807, 2.05) is 62.4 Å². The van der Waals surface area contributed by atoms with E-state index >= 15 is 0 Å². The van der Waals surface area contributed by atoms with Crippen LogP contribution in [0.3, 0.4) is 0 Å². The molecule has 0 spiro atoms. The number of halogens is 1. The van der Waals surface area contributed by atoms with Gasteiger partial charge in [-0.3, -0.25) is 0 Å². The molecule has 18 heavy (non-hydrogen) atoms. The van der Waals surface area contributed by atoms with Crippen molar-refractivity contribution in [2.75, 3.05) is 5.73 Å². The highest BCUT2D eigenvalue weighted by Crippen LogP contribution is 2.22. The van der Waals surface area contributed by atoms with E-state index < -0.39 is 0 Å². The smallest absolute Gasteiger partial charge is 0.0314 e. The minimum Gasteiger partial charge on any atom is -0.399 e. The summed E-state index contributed by atoms with van der Waals surface area (Å²) in [5.74, 6) is 0. The lowest BCUT2D eigenvalue weighted by Gasteiger charge is -2.01. The largest absolute Gasteiger partial charge is 0.399 e. The number of hydrogen-bond donors (Lipinski definition) is 1. The lowest BCUT2D eigenvalue weighted by atomic mass is 10.1. The molecule has 0 aliphatic heterocycles. The molecule has 0 heterocycles. The minimum atomic E-state index is 0.797. The number of hydrogen-bond acceptors (Lipinski definition) is 1. The molecule has 2 aromatic rings. The van der Waals surface area contributed by atoms with E-state index in [0.717, 1.165) is 10.2 Å². The number of nitrogens with two attached hydrogens (primary N) is 1. The Morgan fingerprint density at radius 3 is 1.56 bits per heavy atom. The van der Waals surface area contributed by atoms with Gasteiger partial charge in [-0.1, -0.05) is 52.3 Å². The third-order valence-electron chi connectivity index (χ3n) is 2.42. The second-order valence-electron chi connectivity index (χ2n) is 3.80. The zero-order valence-corrected chi connectivity index (χ0v) is 12.3. The lowest BCUT2D eigenvalue weighted by Crippen LogP contribution is -1.83. The van der Waals surface area contributed by atoms with Crippen LogP contribution in [-0.2, 0) is 0 Å². The van der Waals surface area contributed by atoms with Crippen LogP contribution in [0.2, 0.25) is 0 Å². The van der Waals surface area contributed by atoms with Crippen molar-refractivity contribution >= 4 is 21.6 Å². The molecule has 2 rings (SSSR count). The second-order valence-corrected chi connectivity index (χ2v) is 4.71. The number of nitrogen functional groups attached to an aromatic ring is 1. The van der Waals surface area contributed by atoms with Crippen LogP contribution in [0, 0.1) is 0 Å². The molecule has 2 heteroatoms. The fourth-order valence-corrected chi connectivity index (χ4v) is 1.58. The van der Waals surface area contributed by atoms with Gasteiger partial charge in [-0.25, -0.2) is 0 Å². The summed E-state index contributed by atoms with van der Waals surface area (Å²) < 4.78 is 1.09. The van der Waals surface area contributed by atoms with E-state index in [1.165, 1.54) is 11.1 Å². The van der Waals surface area contributed by atoms with Crippen LogP contribution in [0.25, 0.3) is 11.1 Å². The van der Waals surface area contributed by atoms with Gasteiger partial charge in [-0.05, 0) is 49.2 Å². The predicted molar refractivity (Wildman–Crippen MR) is 84.5 cm³/mol. The molecule has 0 aliphatic carbocycles. The highest BCUT2D eigenvalue weighted by atomic mass is 79.9. The molecule has 0 radical (unpaired) electrons. The topological polar surface area (TPSA) is 26.0 Å². The minimum absolute atomic E-state index is 0.797. The van der Waals surface area contributed by atoms with Crippen molar-refractivity contribution in [2.45, 2.75) is 13.8 Å². The molecular formula is C16H18BrN. The van der Waals surface area contributed by atoms with Gasteiger partial charge in [0.05, 0.1) is 0 Å². The summed E-state index contributed by atoms with van der Waals surface area (Å²) in [4.78, 5) is 0. The van der Waals surface area contributed by atoms with E-state index in [9.17, 15) is 0 Å². The van der Waals surface area contributed by atoms with Crippen molar-refractivity contribution < 1.29 is 0 Å². The molecule has 0 unspecified atom stereocenters. The summed E-state index contributed by atoms with van der Waals surface area (Å²) in [6.45, 7) is 4.00. The molecule has 0 aliphatic rings. The SMILES string of the molecule is C/C=C\C.Nc1ccc(-c2ccc(Br)cc2)cc1. The molecule has 2 aromatic carbocycles. The molecule has 0 aromatic heterocycles. The Balaban J connectivity index is 0.000000357. The standard InChI is InChI=1S/C12H10BrN.C4H8/c13-11-5-1-9(2-6-11)10-3-7-12(14)8-4-10;1-3-4-2/h1-8H,14H2;3-4H,1-2H3/b;4-3-. The van der Waals surface area contributed by atoms with Gasteiger partial charge in [0.2, 0.25) is 0 Å². The predicted octanol–water partition coefficient (Wildman–Crippen LogP) is 5.28. The molecule has 0 saturated carbocycles. The van der Waals surface area contributed by atoms with Gasteiger partial charge in [0, 0.05) is 10.2 Å². The summed E-state index contributed by atoms with van der Waals surface area (Å²) >= 11 is 3.41. The second kappa shape index (κ2) is 7.72. The van der Waals surface area contributed by atoms with Crippen LogP contribution < -0.4 is 5.73 Å². The number of benzene rings is 2. The zero-order valence-electron chi connectivity index (χ0n) is 10.7. The van der Waals surface area contributed by atoms with Crippen molar-refractivity contribution in [3.8, 4) is 11.1 Å². The average molecular weight is 304 g/mol. The first-order valence-electron chi connectivity index (χ1n) is 5.86. The number of anilines is 1. The van der Waals surface area contributed by atoms with E-state index in [0.29, 0.717) is 0 Å². The fraction of sp³-hybridized carbons (Fsp3) is 0.125. The molecule has 0 amide bonds. The first-order chi connectivity index (χ1) is 8.67. The molecule has 0 fully saturated rings. The van der Waals surface area contributed by atoms with E-state index in [1.54, 1.807) is 0 Å². The van der Waals surface area contributed by atoms with Crippen molar-refractivity contribution in [3.05, 3.63) is 65.2 Å². The Kier molecular flexibility index (Phi) is 6.23. The quantitative estimate of drug-likeness (QED) is 0.563. The van der Waals surface area contributed by atoms with Crippen LogP contribution in [0.4, 0.5) is 5.69 Å². The van der Waals surface area contributed by atoms with E-state index in [2.05, 4.69) is 28.1 Å². The Labute approximate surface area is 117 Å². The maximum absolute atomic E-state index is 5.62. The van der Waals surface area contributed by atoms with Crippen molar-refractivity contribution in [3.63, 3.8) is 0 Å². The first kappa shape index (κ1) is 14.5. The summed E-state index contributed by atoms with van der Waals surface area (Å²) in [5, 5.41) is 0. The van der Waals surface area contributed by atoms with E-state index in [4.69, 9.17) is 5.73 Å². The Morgan fingerprint density at radius 1 is 0.778 bits per heavy atom. The van der Waals surface area contributed by atoms with Crippen molar-refractivity contribution in [1.82, 2.24) is 0 Å². The van der Waals surface area contributed by atoms with Crippen LogP contribution >= 0.6 is 15.9 Å². The third-order valence-corrected chi connectivity index (χ3v) is 2.95. The maximum atomic E-state index is 5.62. The van der Waals surface area contributed by atoms with Crippen LogP contribution in [0.15, 0.2) is 65.2 Å². The number of rotatable bonds is 1. The average Bonchev–Trinajstić information content (AvgIpc) is 2.41. The van der Waals surface area contributed by atoms with Crippen LogP contribution in [0.1, 0.15) is 13.8 Å². The van der Waals surface area contributed by atoms with Gasteiger partial charge in [0.25, 0.3) is 0 Å². The van der Waals surface area contributed by atoms with Crippen molar-refractivity contribution in [1.29, 1.82) is 0 Å². The van der Waals surface area contributed by atoms with Gasteiger partial charge >= 0.3 is 0 Å². The molecule has 2 N–H and O–H groups in total. The Bertz CT molecular complexity index is 436. The fourth-order valence-electron chi connectivity index (χ4n) is 1.32. The summed E-state index contributed by atoms with van der Waals surface area (Å²) in [7, 11) is 0. The first-order valence-corrected chi connectivity index (χ1v) is 6.65. The summed E-state index contributed by atoms with van der Waals surface area (Å²) in [5.41, 5.74) is 8.81. The molecule has 0 saturated heterocycles. The normalized spacial score (nSPS) is 9.94. The molecule has 1 nitrogen and oxygen atoms in total. The number of allylic oxidation sites excluding steroid dienone is 2. The highest BCUT2D eigenvalue weighted by molar-refractivity contribution is 9.10. The molecule has 0 bridgehead atoms. The summed E-state index contributed by atoms with van der Waals surface area (Å²) in [6.07, 6.45) is 4.00. The van der Waals surface area contributed by atoms with Crippen molar-refractivity contribution in [2.24, 2.45) is 0 Å². The van der Waals surface area contributed by atoms with Gasteiger partial charge in [-0.2, -0.15) is 0 Å². The van der Waals surface area contributed by atoms with Gasteiger partial charge < -0.3 is 5.73 Å². The van der Waals surface area contributed by atoms with Gasteiger partial charge in [0.15, 0.2) is 0 Å². The van der Waals surface area contributed by atoms with Gasteiger partial charge in [-0.15, -0.1) is 0 Å². The lowest BCUT2D eigenvalue weighted by molar-refractivity contribution is 1.59. The van der Waals surface area contributed by atoms with Crippen LogP contribution in [-0.4, -0.2) is 0 Å².